The maximum atomic E-state index is 11.2. The Hall–Kier alpha value is -2.76. The molecule has 1 aliphatic rings. The van der Waals surface area contributed by atoms with E-state index in [1.807, 2.05) is 0 Å². The lowest BCUT2D eigenvalue weighted by Crippen LogP contribution is -2.50. The fraction of sp³-hybridized carbons (Fsp3) is 0.400. The van der Waals surface area contributed by atoms with Crippen LogP contribution in [0.2, 0.25) is 0 Å². The van der Waals surface area contributed by atoms with Crippen LogP contribution in [0.5, 0.6) is 0 Å². The van der Waals surface area contributed by atoms with Crippen LogP contribution in [0.3, 0.4) is 0 Å². The molecule has 1 fully saturated rings. The highest BCUT2D eigenvalue weighted by Gasteiger charge is 2.21. The van der Waals surface area contributed by atoms with E-state index in [4.69, 9.17) is 10.7 Å². The number of carbonyl (C=O) groups excluding carboxylic acids is 1. The van der Waals surface area contributed by atoms with E-state index >= 15 is 0 Å². The van der Waals surface area contributed by atoms with Crippen LogP contribution >= 0.6 is 0 Å². The van der Waals surface area contributed by atoms with Crippen molar-refractivity contribution in [3.05, 3.63) is 48.0 Å². The molecule has 4 N–H and O–H groups in total. The average Bonchev–Trinajstić information content (AvgIpc) is 2.66. The molecule has 2 amide bonds. The van der Waals surface area contributed by atoms with Crippen molar-refractivity contribution in [3.63, 3.8) is 0 Å². The molecule has 6 nitrogen and oxygen atoms in total. The third-order valence-corrected chi connectivity index (χ3v) is 4.73. The van der Waals surface area contributed by atoms with Gasteiger partial charge in [0.25, 0.3) is 0 Å². The number of carbonyl (C=O) groups is 1. The number of nitrogens with zero attached hydrogens (tertiary/aromatic N) is 2. The molecule has 6 heteroatoms. The van der Waals surface area contributed by atoms with Crippen molar-refractivity contribution in [2.45, 2.75) is 32.4 Å². The van der Waals surface area contributed by atoms with Gasteiger partial charge >= 0.3 is 6.03 Å². The number of aliphatic imine (C=N–C) groups is 1. The molecule has 0 saturated carbocycles. The summed E-state index contributed by atoms with van der Waals surface area (Å²) in [6.45, 7) is 4.88. The quantitative estimate of drug-likeness (QED) is 0.583. The summed E-state index contributed by atoms with van der Waals surface area (Å²) in [4.78, 5) is 17.6. The number of urea groups is 1. The van der Waals surface area contributed by atoms with Gasteiger partial charge in [0.15, 0.2) is 5.96 Å². The van der Waals surface area contributed by atoms with Crippen molar-refractivity contribution in [2.24, 2.45) is 10.7 Å². The average molecular weight is 353 g/mol. The van der Waals surface area contributed by atoms with Crippen molar-refractivity contribution in [1.82, 2.24) is 15.5 Å². The third kappa shape index (κ3) is 4.65. The predicted molar refractivity (Wildman–Crippen MR) is 106 cm³/mol. The SMILES string of the molecule is CCNC(=NCc1ccc2ccccc2c1)NC1CCN(C(N)=O)CC1. The van der Waals surface area contributed by atoms with E-state index in [1.165, 1.54) is 16.3 Å². The number of benzene rings is 2. The van der Waals surface area contributed by atoms with Gasteiger partial charge in [-0.3, -0.25) is 0 Å². The van der Waals surface area contributed by atoms with Crippen LogP contribution < -0.4 is 16.4 Å². The van der Waals surface area contributed by atoms with E-state index in [1.54, 1.807) is 4.90 Å². The molecule has 0 atom stereocenters. The number of piperidine rings is 1. The van der Waals surface area contributed by atoms with E-state index in [-0.39, 0.29) is 6.03 Å². The van der Waals surface area contributed by atoms with E-state index < -0.39 is 0 Å². The summed E-state index contributed by atoms with van der Waals surface area (Å²) in [7, 11) is 0. The Morgan fingerprint density at radius 2 is 1.92 bits per heavy atom. The summed E-state index contributed by atoms with van der Waals surface area (Å²) >= 11 is 0. The number of rotatable bonds is 4. The van der Waals surface area contributed by atoms with Gasteiger partial charge in [0.2, 0.25) is 0 Å². The van der Waals surface area contributed by atoms with Gasteiger partial charge in [0.1, 0.15) is 0 Å². The molecular formula is C20H27N5O. The van der Waals surface area contributed by atoms with Gasteiger partial charge < -0.3 is 21.3 Å². The van der Waals surface area contributed by atoms with Crippen LogP contribution in [0.15, 0.2) is 47.5 Å². The van der Waals surface area contributed by atoms with Gasteiger partial charge in [-0.2, -0.15) is 0 Å². The molecule has 0 bridgehead atoms. The van der Waals surface area contributed by atoms with Crippen LogP contribution in [-0.4, -0.2) is 42.6 Å². The van der Waals surface area contributed by atoms with Crippen LogP contribution in [0, 0.1) is 0 Å². The molecule has 0 aromatic heterocycles. The maximum absolute atomic E-state index is 11.2. The second-order valence-electron chi connectivity index (χ2n) is 6.62. The van der Waals surface area contributed by atoms with Crippen molar-refractivity contribution in [2.75, 3.05) is 19.6 Å². The fourth-order valence-corrected chi connectivity index (χ4v) is 3.27. The van der Waals surface area contributed by atoms with Crippen molar-refractivity contribution >= 4 is 22.8 Å². The molecule has 1 saturated heterocycles. The van der Waals surface area contributed by atoms with Crippen LogP contribution in [0.4, 0.5) is 4.79 Å². The summed E-state index contributed by atoms with van der Waals surface area (Å²) in [6, 6.07) is 14.8. The number of hydrogen-bond donors (Lipinski definition) is 3. The molecule has 2 aromatic rings. The predicted octanol–water partition coefficient (Wildman–Crippen LogP) is 2.44. The summed E-state index contributed by atoms with van der Waals surface area (Å²) in [5, 5.41) is 9.26. The topological polar surface area (TPSA) is 82.8 Å². The number of nitrogens with one attached hydrogen (secondary N) is 2. The minimum Gasteiger partial charge on any atom is -0.357 e. The molecule has 0 aliphatic carbocycles. The van der Waals surface area contributed by atoms with Crippen LogP contribution in [0.25, 0.3) is 10.8 Å². The first-order valence-electron chi connectivity index (χ1n) is 9.22. The Bertz CT molecular complexity index is 781. The molecule has 1 aliphatic heterocycles. The number of amides is 2. The highest BCUT2D eigenvalue weighted by Crippen LogP contribution is 2.16. The first kappa shape index (κ1) is 18.0. The Morgan fingerprint density at radius 1 is 1.19 bits per heavy atom. The second-order valence-corrected chi connectivity index (χ2v) is 6.62. The number of fused-ring (bicyclic) bond motifs is 1. The van der Waals surface area contributed by atoms with Gasteiger partial charge in [-0.05, 0) is 42.2 Å². The second kappa shape index (κ2) is 8.56. The first-order valence-corrected chi connectivity index (χ1v) is 9.22. The van der Waals surface area contributed by atoms with E-state index in [0.29, 0.717) is 25.7 Å². The van der Waals surface area contributed by atoms with Crippen LogP contribution in [0.1, 0.15) is 25.3 Å². The Balaban J connectivity index is 1.62. The summed E-state index contributed by atoms with van der Waals surface area (Å²) in [5.74, 6) is 0.818. The molecule has 26 heavy (non-hydrogen) atoms. The maximum Gasteiger partial charge on any atom is 0.314 e. The molecule has 2 aromatic carbocycles. The zero-order chi connectivity index (χ0) is 18.4. The van der Waals surface area contributed by atoms with Gasteiger partial charge in [-0.1, -0.05) is 36.4 Å². The highest BCUT2D eigenvalue weighted by atomic mass is 16.2. The largest absolute Gasteiger partial charge is 0.357 e. The van der Waals surface area contributed by atoms with Gasteiger partial charge in [0, 0.05) is 25.7 Å². The van der Waals surface area contributed by atoms with E-state index in [9.17, 15) is 4.79 Å². The highest BCUT2D eigenvalue weighted by molar-refractivity contribution is 5.83. The third-order valence-electron chi connectivity index (χ3n) is 4.73. The monoisotopic (exact) mass is 353 g/mol. The lowest BCUT2D eigenvalue weighted by Gasteiger charge is -2.32. The lowest BCUT2D eigenvalue weighted by molar-refractivity contribution is 0.188. The number of hydrogen-bond acceptors (Lipinski definition) is 2. The van der Waals surface area contributed by atoms with E-state index in [0.717, 1.165) is 25.3 Å². The minimum atomic E-state index is -0.333. The van der Waals surface area contributed by atoms with Crippen molar-refractivity contribution in [3.8, 4) is 0 Å². The summed E-state index contributed by atoms with van der Waals surface area (Å²) in [5.41, 5.74) is 6.53. The number of nitrogens with two attached hydrogens (primary N) is 1. The van der Waals surface area contributed by atoms with E-state index in [2.05, 4.69) is 60.0 Å². The molecular weight excluding hydrogens is 326 g/mol. The molecule has 0 spiro atoms. The zero-order valence-electron chi connectivity index (χ0n) is 15.2. The molecule has 138 valence electrons. The van der Waals surface area contributed by atoms with Gasteiger partial charge in [-0.15, -0.1) is 0 Å². The van der Waals surface area contributed by atoms with Gasteiger partial charge in [-0.25, -0.2) is 9.79 Å². The van der Waals surface area contributed by atoms with Crippen molar-refractivity contribution < 1.29 is 4.79 Å². The standard InChI is InChI=1S/C20H27N5O/c1-2-22-20(24-18-9-11-25(12-10-18)19(21)26)23-14-15-7-8-16-5-3-4-6-17(16)13-15/h3-8,13,18H,2,9-12,14H2,1H3,(H2,21,26)(H2,22,23,24). The molecule has 3 rings (SSSR count). The number of guanidine groups is 1. The Labute approximate surface area is 154 Å². The molecule has 0 unspecified atom stereocenters. The Morgan fingerprint density at radius 3 is 2.62 bits per heavy atom. The number of likely N-dealkylation sites (tertiary alicyclic amines) is 1. The minimum absolute atomic E-state index is 0.306. The van der Waals surface area contributed by atoms with Crippen molar-refractivity contribution in [1.29, 1.82) is 0 Å². The number of primary amides is 1. The Kier molecular flexibility index (Phi) is 5.94. The van der Waals surface area contributed by atoms with Gasteiger partial charge in [0.05, 0.1) is 6.54 Å². The summed E-state index contributed by atoms with van der Waals surface area (Å²) in [6.07, 6.45) is 1.76. The zero-order valence-corrected chi connectivity index (χ0v) is 15.2. The van der Waals surface area contributed by atoms with Crippen LogP contribution in [-0.2, 0) is 6.54 Å². The summed E-state index contributed by atoms with van der Waals surface area (Å²) < 4.78 is 0. The molecule has 1 heterocycles. The normalized spacial score (nSPS) is 15.9. The fourth-order valence-electron chi connectivity index (χ4n) is 3.27. The smallest absolute Gasteiger partial charge is 0.314 e. The lowest BCUT2D eigenvalue weighted by atomic mass is 10.1. The first-order chi connectivity index (χ1) is 12.7. The molecule has 0 radical (unpaired) electrons.